The molecule has 0 aromatic heterocycles. The van der Waals surface area contributed by atoms with Crippen LogP contribution in [0.15, 0.2) is 18.2 Å². The minimum Gasteiger partial charge on any atom is -0.481 e. The normalized spacial score (nSPS) is 10.1. The fourth-order valence-corrected chi connectivity index (χ4v) is 2.18. The molecule has 0 aliphatic rings. The number of phenols is 1. The molecule has 0 fully saturated rings. The largest absolute Gasteiger partial charge is 0.481 e. The number of hydrogen-bond donors (Lipinski definition) is 5. The molecule has 1 aromatic carbocycles. The van der Waals surface area contributed by atoms with Gasteiger partial charge in [0.2, 0.25) is 0 Å². The van der Waals surface area contributed by atoms with Crippen LogP contribution in [0.2, 0.25) is 0 Å². The summed E-state index contributed by atoms with van der Waals surface area (Å²) in [7, 11) is 0. The summed E-state index contributed by atoms with van der Waals surface area (Å²) >= 11 is -4.98. The minimum absolute atomic E-state index is 0.00951. The van der Waals surface area contributed by atoms with E-state index in [1.54, 1.807) is 0 Å². The van der Waals surface area contributed by atoms with Gasteiger partial charge in [-0.05, 0) is 0 Å². The van der Waals surface area contributed by atoms with Crippen LogP contribution in [0.5, 0.6) is 5.75 Å². The monoisotopic (exact) mass is 335 g/mol. The summed E-state index contributed by atoms with van der Waals surface area (Å²) in [6.07, 6.45) is 0. The van der Waals surface area contributed by atoms with Crippen molar-refractivity contribution in [1.29, 1.82) is 0 Å². The van der Waals surface area contributed by atoms with Gasteiger partial charge >= 0.3 is 88.1 Å². The van der Waals surface area contributed by atoms with Crippen LogP contribution in [0.1, 0.15) is 13.8 Å². The van der Waals surface area contributed by atoms with Crippen molar-refractivity contribution >= 4 is 36.1 Å². The van der Waals surface area contributed by atoms with E-state index in [2.05, 4.69) is 5.32 Å². The van der Waals surface area contributed by atoms with E-state index in [0.29, 0.717) is 0 Å². The third-order valence-electron chi connectivity index (χ3n) is 1.63. The van der Waals surface area contributed by atoms with E-state index in [0.717, 1.165) is 25.1 Å². The maximum Gasteiger partial charge on any atom is 0.300 e. The number of anilines is 1. The standard InChI is InChI=1S/C8H10AsNO5.C2H4O2/c1-5(11)10-7-4-6(9(13,14)15)2-3-8(7)12;1-2(3)4/h2-4,12H,1H3,(H,10,11)(H2,13,14,15);1H3,(H,3,4). The number of carboxylic acids is 1. The molecule has 0 saturated heterocycles. The van der Waals surface area contributed by atoms with Crippen molar-refractivity contribution in [2.24, 2.45) is 0 Å². The van der Waals surface area contributed by atoms with Gasteiger partial charge in [0.15, 0.2) is 0 Å². The average Bonchev–Trinajstić information content (AvgIpc) is 2.18. The van der Waals surface area contributed by atoms with Crippen LogP contribution in [0.3, 0.4) is 0 Å². The molecule has 1 aromatic rings. The van der Waals surface area contributed by atoms with Gasteiger partial charge < -0.3 is 5.11 Å². The molecule has 0 radical (unpaired) electrons. The third-order valence-corrected chi connectivity index (χ3v) is 3.62. The van der Waals surface area contributed by atoms with Crippen LogP contribution in [-0.2, 0) is 13.3 Å². The number of benzene rings is 1. The number of aromatic hydroxyl groups is 1. The molecule has 5 N–H and O–H groups in total. The fourth-order valence-electron chi connectivity index (χ4n) is 0.995. The second-order valence-electron chi connectivity index (χ2n) is 3.45. The number of carboxylic acid groups (broad SMARTS) is 1. The molecule has 0 bridgehead atoms. The predicted octanol–water partition coefficient (Wildman–Crippen LogP) is -0.998. The van der Waals surface area contributed by atoms with Crippen LogP contribution in [0, 0.1) is 0 Å². The zero-order valence-corrected chi connectivity index (χ0v) is 12.1. The average molecular weight is 335 g/mol. The number of nitrogens with one attached hydrogen (secondary N) is 1. The zero-order valence-electron chi connectivity index (χ0n) is 10.2. The van der Waals surface area contributed by atoms with Gasteiger partial charge in [0.05, 0.1) is 0 Å². The van der Waals surface area contributed by atoms with Gasteiger partial charge in [-0.25, -0.2) is 0 Å². The molecule has 1 amide bonds. The third kappa shape index (κ3) is 7.30. The smallest absolute Gasteiger partial charge is 0.300 e. The summed E-state index contributed by atoms with van der Waals surface area (Å²) in [6.45, 7) is 2.31. The van der Waals surface area contributed by atoms with Crippen molar-refractivity contribution in [3.05, 3.63) is 18.2 Å². The van der Waals surface area contributed by atoms with Crippen molar-refractivity contribution in [3.8, 4) is 5.75 Å². The van der Waals surface area contributed by atoms with E-state index in [1.807, 2.05) is 0 Å². The Hall–Kier alpha value is -1.76. The van der Waals surface area contributed by atoms with Crippen molar-refractivity contribution in [2.75, 3.05) is 5.32 Å². The number of phenolic OH excluding ortho intramolecular Hbond substituents is 1. The Morgan fingerprint density at radius 2 is 1.68 bits per heavy atom. The fraction of sp³-hybridized carbons (Fsp3) is 0.200. The second-order valence-corrected chi connectivity index (χ2v) is 6.81. The molecule has 106 valence electrons. The number of carbonyl (C=O) groups excluding carboxylic acids is 1. The molecule has 0 aliphatic heterocycles. The molecule has 0 atom stereocenters. The van der Waals surface area contributed by atoms with E-state index >= 15 is 0 Å². The number of amides is 1. The summed E-state index contributed by atoms with van der Waals surface area (Å²) < 4.78 is 28.6. The molecular formula is C10H14AsNO7. The molecule has 8 nitrogen and oxygen atoms in total. The number of rotatable bonds is 2. The summed E-state index contributed by atoms with van der Waals surface area (Å²) in [5, 5.41) is 19.0. The van der Waals surface area contributed by atoms with Crippen molar-refractivity contribution < 1.29 is 31.7 Å². The summed E-state index contributed by atoms with van der Waals surface area (Å²) in [5.41, 5.74) is -0.00951. The second kappa shape index (κ2) is 6.98. The Labute approximate surface area is 111 Å². The number of aliphatic carboxylic acids is 1. The first kappa shape index (κ1) is 17.2. The molecule has 1 rings (SSSR count). The van der Waals surface area contributed by atoms with E-state index < -0.39 is 26.0 Å². The first-order valence-electron chi connectivity index (χ1n) is 4.90. The Bertz CT molecular complexity index is 519. The Kier molecular flexibility index (Phi) is 6.34. The van der Waals surface area contributed by atoms with Crippen LogP contribution >= 0.6 is 0 Å². The predicted molar refractivity (Wildman–Crippen MR) is 66.2 cm³/mol. The molecule has 0 aliphatic carbocycles. The van der Waals surface area contributed by atoms with E-state index in [1.165, 1.54) is 6.92 Å². The summed E-state index contributed by atoms with van der Waals surface area (Å²) in [4.78, 5) is 19.7. The topological polar surface area (TPSA) is 144 Å². The van der Waals surface area contributed by atoms with Gasteiger partial charge in [0.1, 0.15) is 0 Å². The number of hydrogen-bond acceptors (Lipinski definition) is 4. The Balaban J connectivity index is 0.000000711. The molecule has 0 saturated carbocycles. The van der Waals surface area contributed by atoms with E-state index in [9.17, 15) is 13.6 Å². The van der Waals surface area contributed by atoms with E-state index in [4.69, 9.17) is 18.1 Å². The van der Waals surface area contributed by atoms with Crippen molar-refractivity contribution in [2.45, 2.75) is 13.8 Å². The molecule has 0 unspecified atom stereocenters. The van der Waals surface area contributed by atoms with Crippen LogP contribution in [-0.4, -0.2) is 44.5 Å². The SMILES string of the molecule is CC(=O)Nc1cc([As](=O)(O)O)ccc1O.CC(=O)O. The number of carbonyl (C=O) groups is 2. The van der Waals surface area contributed by atoms with Gasteiger partial charge in [0.25, 0.3) is 5.97 Å². The molecule has 0 heterocycles. The van der Waals surface area contributed by atoms with Gasteiger partial charge in [-0.1, -0.05) is 0 Å². The summed E-state index contributed by atoms with van der Waals surface area (Å²) in [5.74, 6) is -1.50. The Morgan fingerprint density at radius 3 is 2.05 bits per heavy atom. The zero-order chi connectivity index (χ0) is 15.2. The first-order chi connectivity index (χ1) is 8.54. The van der Waals surface area contributed by atoms with Crippen LogP contribution in [0.4, 0.5) is 5.69 Å². The van der Waals surface area contributed by atoms with Gasteiger partial charge in [-0.15, -0.1) is 0 Å². The van der Waals surface area contributed by atoms with Gasteiger partial charge in [-0.2, -0.15) is 0 Å². The van der Waals surface area contributed by atoms with Crippen molar-refractivity contribution in [3.63, 3.8) is 0 Å². The maximum atomic E-state index is 10.9. The summed E-state index contributed by atoms with van der Waals surface area (Å²) in [6, 6.07) is 3.32. The maximum absolute atomic E-state index is 10.9. The Morgan fingerprint density at radius 1 is 1.21 bits per heavy atom. The van der Waals surface area contributed by atoms with Crippen LogP contribution in [0.25, 0.3) is 0 Å². The molecule has 19 heavy (non-hydrogen) atoms. The van der Waals surface area contributed by atoms with Crippen molar-refractivity contribution in [1.82, 2.24) is 0 Å². The minimum atomic E-state index is -4.98. The van der Waals surface area contributed by atoms with Crippen LogP contribution < -0.4 is 9.67 Å². The molecular weight excluding hydrogens is 321 g/mol. The van der Waals surface area contributed by atoms with Gasteiger partial charge in [-0.3, -0.25) is 4.79 Å². The molecule has 9 heteroatoms. The quantitative estimate of drug-likeness (QED) is 0.344. The first-order valence-corrected chi connectivity index (χ1v) is 8.28. The van der Waals surface area contributed by atoms with E-state index in [-0.39, 0.29) is 15.8 Å². The van der Waals surface area contributed by atoms with Gasteiger partial charge in [0, 0.05) is 6.92 Å². The molecule has 0 spiro atoms.